The highest BCUT2D eigenvalue weighted by atomic mass is 16.5. The largest absolute Gasteiger partial charge is 0.481 e. The van der Waals surface area contributed by atoms with Crippen molar-refractivity contribution in [3.63, 3.8) is 0 Å². The number of carbonyl (C=O) groups is 3. The van der Waals surface area contributed by atoms with Crippen molar-refractivity contribution in [2.45, 2.75) is 59.0 Å². The van der Waals surface area contributed by atoms with Gasteiger partial charge in [-0.15, -0.1) is 0 Å². The van der Waals surface area contributed by atoms with Crippen LogP contribution in [0.25, 0.3) is 0 Å². The fourth-order valence-corrected chi connectivity index (χ4v) is 2.84. The molecule has 0 unspecified atom stereocenters. The van der Waals surface area contributed by atoms with Gasteiger partial charge in [-0.1, -0.05) is 67.7 Å². The van der Waals surface area contributed by atoms with Gasteiger partial charge in [-0.25, -0.2) is 9.59 Å². The first-order valence-corrected chi connectivity index (χ1v) is 11.5. The van der Waals surface area contributed by atoms with E-state index in [1.807, 2.05) is 38.2 Å². The molecule has 0 amide bonds. The van der Waals surface area contributed by atoms with E-state index < -0.39 is 17.9 Å². The molecule has 3 N–H and O–H groups in total. The van der Waals surface area contributed by atoms with Crippen molar-refractivity contribution < 1.29 is 34.4 Å². The van der Waals surface area contributed by atoms with Crippen molar-refractivity contribution in [1.82, 2.24) is 0 Å². The lowest BCUT2D eigenvalue weighted by atomic mass is 10.0. The number of unbranched alkanes of at least 4 members (excludes halogenated alkanes) is 1. The summed E-state index contributed by atoms with van der Waals surface area (Å²) in [5.41, 5.74) is 1.48. The molecule has 0 aromatic heterocycles. The number of rotatable bonds is 17. The second-order valence-corrected chi connectivity index (χ2v) is 8.13. The first-order valence-electron chi connectivity index (χ1n) is 11.5. The molecule has 0 aliphatic carbocycles. The number of methoxy groups -OCH3 is 1. The molecule has 2 atom stereocenters. The Morgan fingerprint density at radius 2 is 1.54 bits per heavy atom. The molecule has 0 aliphatic rings. The number of aliphatic carboxylic acids is 3. The Morgan fingerprint density at radius 1 is 0.886 bits per heavy atom. The fraction of sp³-hybridized carbons (Fsp3) is 0.393. The first-order chi connectivity index (χ1) is 16.6. The van der Waals surface area contributed by atoms with Gasteiger partial charge in [0.1, 0.15) is 0 Å². The Balaban J connectivity index is 4.41. The smallest absolute Gasteiger partial charge is 0.331 e. The Labute approximate surface area is 208 Å². The van der Waals surface area contributed by atoms with Gasteiger partial charge in [-0.2, -0.15) is 0 Å². The van der Waals surface area contributed by atoms with Crippen LogP contribution in [0.2, 0.25) is 0 Å². The lowest BCUT2D eigenvalue weighted by molar-refractivity contribution is -0.136. The third-order valence-electron chi connectivity index (χ3n) is 4.94. The number of hydrogen-bond donors (Lipinski definition) is 3. The molecule has 0 fully saturated rings. The summed E-state index contributed by atoms with van der Waals surface area (Å²) in [5.74, 6) is -3.01. The van der Waals surface area contributed by atoms with Gasteiger partial charge in [0.15, 0.2) is 0 Å². The van der Waals surface area contributed by atoms with Crippen molar-refractivity contribution in [1.29, 1.82) is 0 Å². The minimum atomic E-state index is -1.16. The van der Waals surface area contributed by atoms with E-state index in [1.54, 1.807) is 32.3 Å². The average molecular weight is 487 g/mol. The summed E-state index contributed by atoms with van der Waals surface area (Å²) >= 11 is 0. The summed E-state index contributed by atoms with van der Waals surface area (Å²) in [6, 6.07) is 0. The average Bonchev–Trinajstić information content (AvgIpc) is 2.78. The maximum absolute atomic E-state index is 10.9. The van der Waals surface area contributed by atoms with E-state index in [-0.39, 0.29) is 29.6 Å². The first kappa shape index (κ1) is 31.6. The van der Waals surface area contributed by atoms with Crippen LogP contribution in [-0.2, 0) is 19.1 Å². The number of ether oxygens (including phenoxy) is 1. The topological polar surface area (TPSA) is 121 Å². The molecule has 7 heteroatoms. The van der Waals surface area contributed by atoms with Gasteiger partial charge in [-0.05, 0) is 56.6 Å². The van der Waals surface area contributed by atoms with Gasteiger partial charge >= 0.3 is 17.9 Å². The molecular formula is C28H38O7. The number of allylic oxidation sites excluding steroid dienone is 9. The van der Waals surface area contributed by atoms with Gasteiger partial charge in [0, 0.05) is 18.8 Å². The summed E-state index contributed by atoms with van der Waals surface area (Å²) in [4.78, 5) is 32.4. The van der Waals surface area contributed by atoms with Crippen molar-refractivity contribution in [2.75, 3.05) is 7.11 Å². The zero-order valence-electron chi connectivity index (χ0n) is 21.0. The predicted octanol–water partition coefficient (Wildman–Crippen LogP) is 5.89. The second-order valence-electron chi connectivity index (χ2n) is 8.13. The van der Waals surface area contributed by atoms with E-state index in [4.69, 9.17) is 20.1 Å². The maximum atomic E-state index is 10.9. The standard InChI is InChI=1S/C28H38O7/c1-21(15-18-24(19-26(29)30)20-27(31)32)13-11-9-7-5-6-8-10-12-14-25(35-4)22(2)16-17-23(3)28(33)34/h6,8-12,15-19,21,25H,5,7,13-14,20H2,1-4H3,(H,29,30)(H,31,32)(H,33,34)/b8-6+,11-9+,12-10+,18-15+,22-16+,23-17-,24-19-/t21-,25+/m0/s1. The maximum Gasteiger partial charge on any atom is 0.331 e. The monoisotopic (exact) mass is 486 g/mol. The molecule has 0 heterocycles. The Bertz CT molecular complexity index is 898. The molecule has 0 aromatic carbocycles. The van der Waals surface area contributed by atoms with Crippen molar-refractivity contribution in [3.8, 4) is 0 Å². The summed E-state index contributed by atoms with van der Waals surface area (Å²) in [6.07, 6.45) is 22.6. The lowest BCUT2D eigenvalue weighted by Gasteiger charge is -2.13. The van der Waals surface area contributed by atoms with Crippen LogP contribution in [0, 0.1) is 5.92 Å². The van der Waals surface area contributed by atoms with E-state index in [0.29, 0.717) is 6.42 Å². The molecule has 0 aromatic rings. The molecular weight excluding hydrogens is 448 g/mol. The molecule has 0 rings (SSSR count). The van der Waals surface area contributed by atoms with Gasteiger partial charge in [-0.3, -0.25) is 4.79 Å². The minimum absolute atomic E-state index is 0.115. The summed E-state index contributed by atoms with van der Waals surface area (Å²) < 4.78 is 5.47. The molecule has 35 heavy (non-hydrogen) atoms. The number of carboxylic acids is 3. The molecule has 0 spiro atoms. The van der Waals surface area contributed by atoms with Crippen molar-refractivity contribution >= 4 is 17.9 Å². The zero-order valence-corrected chi connectivity index (χ0v) is 21.0. The minimum Gasteiger partial charge on any atom is -0.481 e. The van der Waals surface area contributed by atoms with Crippen LogP contribution in [0.5, 0.6) is 0 Å². The van der Waals surface area contributed by atoms with Crippen molar-refractivity contribution in [3.05, 3.63) is 83.6 Å². The van der Waals surface area contributed by atoms with Crippen LogP contribution in [0.1, 0.15) is 52.9 Å². The molecule has 0 saturated carbocycles. The number of carboxylic acid groups (broad SMARTS) is 3. The van der Waals surface area contributed by atoms with E-state index >= 15 is 0 Å². The van der Waals surface area contributed by atoms with E-state index in [9.17, 15) is 14.4 Å². The highest BCUT2D eigenvalue weighted by Crippen LogP contribution is 2.12. The SMILES string of the molecule is CO[C@H](C/C=C/C=C/CC/C=C/C[C@H](C)/C=C/C(=C/C(=O)O)CC(=O)O)/C(C)=C/C=C(/C)C(=O)O. The third-order valence-corrected chi connectivity index (χ3v) is 4.94. The highest BCUT2D eigenvalue weighted by Gasteiger charge is 2.07. The molecule has 192 valence electrons. The molecule has 7 nitrogen and oxygen atoms in total. The third kappa shape index (κ3) is 17.7. The van der Waals surface area contributed by atoms with E-state index in [2.05, 4.69) is 18.2 Å². The molecule has 0 radical (unpaired) electrons. The predicted molar refractivity (Wildman–Crippen MR) is 138 cm³/mol. The Hall–Kier alpha value is -3.45. The van der Waals surface area contributed by atoms with E-state index in [1.165, 1.54) is 0 Å². The molecule has 0 saturated heterocycles. The Morgan fingerprint density at radius 3 is 2.14 bits per heavy atom. The van der Waals surface area contributed by atoms with Crippen LogP contribution in [0.3, 0.4) is 0 Å². The van der Waals surface area contributed by atoms with Crippen LogP contribution < -0.4 is 0 Å². The van der Waals surface area contributed by atoms with Crippen LogP contribution >= 0.6 is 0 Å². The molecule has 0 aliphatic heterocycles. The van der Waals surface area contributed by atoms with Crippen LogP contribution in [-0.4, -0.2) is 46.4 Å². The van der Waals surface area contributed by atoms with Gasteiger partial charge in [0.25, 0.3) is 0 Å². The lowest BCUT2D eigenvalue weighted by Crippen LogP contribution is -2.10. The zero-order chi connectivity index (χ0) is 26.6. The summed E-state index contributed by atoms with van der Waals surface area (Å²) in [7, 11) is 1.63. The molecule has 0 bridgehead atoms. The number of hydrogen-bond acceptors (Lipinski definition) is 4. The van der Waals surface area contributed by atoms with E-state index in [0.717, 1.165) is 30.9 Å². The highest BCUT2D eigenvalue weighted by molar-refractivity contribution is 5.86. The van der Waals surface area contributed by atoms with Gasteiger partial charge in [0.2, 0.25) is 0 Å². The van der Waals surface area contributed by atoms with Crippen LogP contribution in [0.4, 0.5) is 0 Å². The second kappa shape index (κ2) is 18.9. The summed E-state index contributed by atoms with van der Waals surface area (Å²) in [6.45, 7) is 5.44. The quantitative estimate of drug-likeness (QED) is 0.101. The normalized spacial score (nSPS) is 15.5. The van der Waals surface area contributed by atoms with Gasteiger partial charge in [0.05, 0.1) is 12.5 Å². The van der Waals surface area contributed by atoms with Crippen LogP contribution in [0.15, 0.2) is 83.6 Å². The van der Waals surface area contributed by atoms with Crippen molar-refractivity contribution in [2.24, 2.45) is 5.92 Å². The Kier molecular flexibility index (Phi) is 17.1. The fourth-order valence-electron chi connectivity index (χ4n) is 2.84. The summed E-state index contributed by atoms with van der Waals surface area (Å²) in [5, 5.41) is 26.6. The van der Waals surface area contributed by atoms with Gasteiger partial charge < -0.3 is 20.1 Å².